The van der Waals surface area contributed by atoms with Crippen molar-refractivity contribution in [1.82, 2.24) is 10.3 Å². The SMILES string of the molecule is Cc1nc(CN=C(N)NC2CCCCC2)oc1C.I. The van der Waals surface area contributed by atoms with Crippen molar-refractivity contribution in [3.05, 3.63) is 17.3 Å². The molecule has 3 N–H and O–H groups in total. The van der Waals surface area contributed by atoms with Crippen LogP contribution in [0.5, 0.6) is 0 Å². The van der Waals surface area contributed by atoms with Crippen molar-refractivity contribution in [2.75, 3.05) is 0 Å². The van der Waals surface area contributed by atoms with E-state index in [1.807, 2.05) is 13.8 Å². The predicted molar refractivity (Wildman–Crippen MR) is 86.7 cm³/mol. The zero-order valence-corrected chi connectivity index (χ0v) is 13.9. The number of hydrogen-bond acceptors (Lipinski definition) is 3. The lowest BCUT2D eigenvalue weighted by molar-refractivity contribution is 0.411. The van der Waals surface area contributed by atoms with Gasteiger partial charge in [-0.15, -0.1) is 24.0 Å². The van der Waals surface area contributed by atoms with E-state index in [1.165, 1.54) is 32.1 Å². The van der Waals surface area contributed by atoms with E-state index >= 15 is 0 Å². The van der Waals surface area contributed by atoms with E-state index in [4.69, 9.17) is 10.2 Å². The molecule has 1 aromatic heterocycles. The Morgan fingerprint density at radius 2 is 2.05 bits per heavy atom. The van der Waals surface area contributed by atoms with Crippen LogP contribution in [-0.2, 0) is 6.54 Å². The first-order valence-electron chi connectivity index (χ1n) is 6.64. The molecule has 1 aromatic rings. The van der Waals surface area contributed by atoms with Crippen LogP contribution in [0.1, 0.15) is 49.4 Å². The number of nitrogens with zero attached hydrogens (tertiary/aromatic N) is 2. The van der Waals surface area contributed by atoms with Gasteiger partial charge in [0.1, 0.15) is 12.3 Å². The van der Waals surface area contributed by atoms with Crippen molar-refractivity contribution >= 4 is 29.9 Å². The lowest BCUT2D eigenvalue weighted by Crippen LogP contribution is -2.41. The van der Waals surface area contributed by atoms with Gasteiger partial charge in [-0.2, -0.15) is 0 Å². The van der Waals surface area contributed by atoms with Crippen molar-refractivity contribution in [1.29, 1.82) is 0 Å². The number of guanidine groups is 1. The quantitative estimate of drug-likeness (QED) is 0.482. The Labute approximate surface area is 131 Å². The first-order chi connectivity index (χ1) is 8.65. The van der Waals surface area contributed by atoms with Gasteiger partial charge < -0.3 is 15.5 Å². The van der Waals surface area contributed by atoms with E-state index in [0.29, 0.717) is 24.4 Å². The Morgan fingerprint density at radius 1 is 1.37 bits per heavy atom. The van der Waals surface area contributed by atoms with Crippen molar-refractivity contribution < 1.29 is 4.42 Å². The van der Waals surface area contributed by atoms with Crippen LogP contribution in [0.3, 0.4) is 0 Å². The first-order valence-corrected chi connectivity index (χ1v) is 6.64. The summed E-state index contributed by atoms with van der Waals surface area (Å²) >= 11 is 0. The monoisotopic (exact) mass is 378 g/mol. The molecule has 1 aliphatic carbocycles. The highest BCUT2D eigenvalue weighted by Crippen LogP contribution is 2.17. The van der Waals surface area contributed by atoms with E-state index in [-0.39, 0.29) is 24.0 Å². The van der Waals surface area contributed by atoms with Gasteiger partial charge in [-0.25, -0.2) is 9.98 Å². The molecule has 0 bridgehead atoms. The van der Waals surface area contributed by atoms with Gasteiger partial charge >= 0.3 is 0 Å². The van der Waals surface area contributed by atoms with Crippen molar-refractivity contribution in [3.63, 3.8) is 0 Å². The molecule has 19 heavy (non-hydrogen) atoms. The van der Waals surface area contributed by atoms with Crippen LogP contribution in [-0.4, -0.2) is 17.0 Å². The molecule has 0 unspecified atom stereocenters. The van der Waals surface area contributed by atoms with Crippen LogP contribution in [0, 0.1) is 13.8 Å². The normalized spacial score (nSPS) is 17.1. The smallest absolute Gasteiger partial charge is 0.216 e. The fourth-order valence-electron chi connectivity index (χ4n) is 2.26. The maximum Gasteiger partial charge on any atom is 0.216 e. The summed E-state index contributed by atoms with van der Waals surface area (Å²) in [5, 5.41) is 3.27. The summed E-state index contributed by atoms with van der Waals surface area (Å²) in [6.07, 6.45) is 6.27. The van der Waals surface area contributed by atoms with Gasteiger partial charge in [0.05, 0.1) is 5.69 Å². The molecule has 1 fully saturated rings. The van der Waals surface area contributed by atoms with E-state index in [0.717, 1.165) is 11.5 Å². The Hall–Kier alpha value is -0.790. The third kappa shape index (κ3) is 5.00. The zero-order chi connectivity index (χ0) is 13.0. The highest BCUT2D eigenvalue weighted by molar-refractivity contribution is 14.0. The molecule has 0 spiro atoms. The fraction of sp³-hybridized carbons (Fsp3) is 0.692. The summed E-state index contributed by atoms with van der Waals surface area (Å²) < 4.78 is 5.45. The number of aromatic nitrogens is 1. The van der Waals surface area contributed by atoms with Gasteiger partial charge in [0.15, 0.2) is 5.96 Å². The Balaban J connectivity index is 0.00000180. The summed E-state index contributed by atoms with van der Waals surface area (Å²) in [6, 6.07) is 0.482. The van der Waals surface area contributed by atoms with E-state index in [9.17, 15) is 0 Å². The Morgan fingerprint density at radius 3 is 2.63 bits per heavy atom. The lowest BCUT2D eigenvalue weighted by Gasteiger charge is -2.23. The number of aliphatic imine (C=N–C) groups is 1. The average Bonchev–Trinajstić information content (AvgIpc) is 2.68. The van der Waals surface area contributed by atoms with Crippen LogP contribution in [0.15, 0.2) is 9.41 Å². The van der Waals surface area contributed by atoms with Gasteiger partial charge in [0.2, 0.25) is 5.89 Å². The van der Waals surface area contributed by atoms with Gasteiger partial charge in [-0.3, -0.25) is 0 Å². The van der Waals surface area contributed by atoms with E-state index in [1.54, 1.807) is 0 Å². The Kier molecular flexibility index (Phi) is 6.60. The van der Waals surface area contributed by atoms with Crippen molar-refractivity contribution in [2.45, 2.75) is 58.5 Å². The number of oxazole rings is 1. The molecule has 0 atom stereocenters. The molecule has 1 aliphatic rings. The molecule has 5 nitrogen and oxygen atoms in total. The number of rotatable bonds is 3. The summed E-state index contributed by atoms with van der Waals surface area (Å²) in [4.78, 5) is 8.54. The van der Waals surface area contributed by atoms with Crippen LogP contribution >= 0.6 is 24.0 Å². The van der Waals surface area contributed by atoms with Gasteiger partial charge in [-0.1, -0.05) is 19.3 Å². The van der Waals surface area contributed by atoms with Gasteiger partial charge in [-0.05, 0) is 26.7 Å². The fourth-order valence-corrected chi connectivity index (χ4v) is 2.26. The maximum absolute atomic E-state index is 5.87. The minimum Gasteiger partial charge on any atom is -0.444 e. The number of nitrogens with one attached hydrogen (secondary N) is 1. The standard InChI is InChI=1S/C13H22N4O.HI/c1-9-10(2)18-12(16-9)8-15-13(14)17-11-6-4-3-5-7-11;/h11H,3-8H2,1-2H3,(H3,14,15,17);1H. The molecule has 6 heteroatoms. The van der Waals surface area contributed by atoms with Gasteiger partial charge in [0.25, 0.3) is 0 Å². The van der Waals surface area contributed by atoms with Crippen LogP contribution < -0.4 is 11.1 Å². The van der Waals surface area contributed by atoms with Crippen LogP contribution in [0.25, 0.3) is 0 Å². The highest BCUT2D eigenvalue weighted by Gasteiger charge is 2.13. The Bertz CT molecular complexity index is 405. The summed E-state index contributed by atoms with van der Waals surface area (Å²) in [7, 11) is 0. The molecule has 2 rings (SSSR count). The molecule has 0 radical (unpaired) electrons. The minimum absolute atomic E-state index is 0. The summed E-state index contributed by atoms with van der Waals surface area (Å²) in [6.45, 7) is 4.23. The molecule has 1 saturated carbocycles. The van der Waals surface area contributed by atoms with Crippen LogP contribution in [0.4, 0.5) is 0 Å². The molecule has 108 valence electrons. The first kappa shape index (κ1) is 16.3. The topological polar surface area (TPSA) is 76.4 Å². The molecule has 1 heterocycles. The minimum atomic E-state index is 0. The molecule has 0 aromatic carbocycles. The number of hydrogen-bond donors (Lipinski definition) is 2. The molecular formula is C13H23IN4O. The third-order valence-corrected chi connectivity index (χ3v) is 3.41. The maximum atomic E-state index is 5.87. The largest absolute Gasteiger partial charge is 0.444 e. The number of nitrogens with two attached hydrogens (primary N) is 1. The van der Waals surface area contributed by atoms with E-state index < -0.39 is 0 Å². The summed E-state index contributed by atoms with van der Waals surface area (Å²) in [5.41, 5.74) is 6.78. The van der Waals surface area contributed by atoms with Gasteiger partial charge in [0, 0.05) is 6.04 Å². The second-order valence-electron chi connectivity index (χ2n) is 4.93. The second-order valence-corrected chi connectivity index (χ2v) is 4.93. The molecule has 0 aliphatic heterocycles. The third-order valence-electron chi connectivity index (χ3n) is 3.41. The second kappa shape index (κ2) is 7.72. The summed E-state index contributed by atoms with van der Waals surface area (Å²) in [5.74, 6) is 1.97. The molecule has 0 amide bonds. The lowest BCUT2D eigenvalue weighted by atomic mass is 9.96. The number of aryl methyl sites for hydroxylation is 2. The van der Waals surface area contributed by atoms with E-state index in [2.05, 4.69) is 15.3 Å². The zero-order valence-electron chi connectivity index (χ0n) is 11.6. The van der Waals surface area contributed by atoms with Crippen molar-refractivity contribution in [2.24, 2.45) is 10.7 Å². The van der Waals surface area contributed by atoms with Crippen molar-refractivity contribution in [3.8, 4) is 0 Å². The predicted octanol–water partition coefficient (Wildman–Crippen LogP) is 2.65. The molecular weight excluding hydrogens is 355 g/mol. The number of halogens is 1. The van der Waals surface area contributed by atoms with Crippen LogP contribution in [0.2, 0.25) is 0 Å². The molecule has 0 saturated heterocycles. The average molecular weight is 378 g/mol. The highest BCUT2D eigenvalue weighted by atomic mass is 127.